The molecule has 2 aliphatic rings. The molecule has 0 aromatic heterocycles. The van der Waals surface area contributed by atoms with Crippen molar-refractivity contribution in [3.63, 3.8) is 0 Å². The van der Waals surface area contributed by atoms with E-state index in [9.17, 15) is 0 Å². The molecule has 0 aromatic carbocycles. The second-order valence-electron chi connectivity index (χ2n) is 4.87. The van der Waals surface area contributed by atoms with E-state index in [0.717, 1.165) is 26.3 Å². The molecule has 1 N–H and O–H groups in total. The molecule has 2 heterocycles. The molecule has 0 amide bonds. The second-order valence-corrected chi connectivity index (χ2v) is 4.87. The van der Waals surface area contributed by atoms with E-state index in [1.54, 1.807) is 0 Å². The van der Waals surface area contributed by atoms with Gasteiger partial charge in [0.25, 0.3) is 0 Å². The summed E-state index contributed by atoms with van der Waals surface area (Å²) in [5, 5.41) is 3.70. The number of hydrogen-bond donors (Lipinski definition) is 1. The van der Waals surface area contributed by atoms with Crippen LogP contribution in [0.15, 0.2) is 0 Å². The highest BCUT2D eigenvalue weighted by molar-refractivity contribution is 4.92. The molecule has 2 saturated heterocycles. The number of rotatable bonds is 4. The molecule has 2 aliphatic heterocycles. The number of ether oxygens (including phenoxy) is 1. The molecule has 0 radical (unpaired) electrons. The van der Waals surface area contributed by atoms with Crippen LogP contribution in [-0.2, 0) is 4.74 Å². The summed E-state index contributed by atoms with van der Waals surface area (Å²) >= 11 is 0. The minimum absolute atomic E-state index is 0.457. The van der Waals surface area contributed by atoms with Crippen molar-refractivity contribution >= 4 is 0 Å². The zero-order valence-electron chi connectivity index (χ0n) is 9.93. The number of morpholine rings is 1. The molecule has 0 bridgehead atoms. The Morgan fingerprint density at radius 2 is 2.13 bits per heavy atom. The zero-order valence-corrected chi connectivity index (χ0v) is 9.93. The van der Waals surface area contributed by atoms with E-state index in [1.165, 1.54) is 38.8 Å². The minimum atomic E-state index is 0.457. The molecular formula is C12H24N2O. The van der Waals surface area contributed by atoms with Gasteiger partial charge in [-0.1, -0.05) is 6.92 Å². The van der Waals surface area contributed by atoms with Gasteiger partial charge < -0.3 is 10.1 Å². The van der Waals surface area contributed by atoms with Crippen LogP contribution in [-0.4, -0.2) is 49.8 Å². The average Bonchev–Trinajstić information content (AvgIpc) is 2.77. The summed E-state index contributed by atoms with van der Waals surface area (Å²) in [6.07, 6.45) is 5.31. The Hall–Kier alpha value is -0.120. The SMILES string of the molecule is CCC1(CCN2CCOCC2)CCCN1. The second kappa shape index (κ2) is 5.28. The van der Waals surface area contributed by atoms with E-state index in [-0.39, 0.29) is 0 Å². The molecule has 2 rings (SSSR count). The van der Waals surface area contributed by atoms with Gasteiger partial charge in [0, 0.05) is 25.2 Å². The van der Waals surface area contributed by atoms with Crippen molar-refractivity contribution in [1.82, 2.24) is 10.2 Å². The van der Waals surface area contributed by atoms with Crippen LogP contribution in [0.3, 0.4) is 0 Å². The fourth-order valence-corrected chi connectivity index (χ4v) is 2.76. The van der Waals surface area contributed by atoms with Crippen molar-refractivity contribution in [3.05, 3.63) is 0 Å². The lowest BCUT2D eigenvalue weighted by Crippen LogP contribution is -2.44. The Kier molecular flexibility index (Phi) is 4.00. The maximum Gasteiger partial charge on any atom is 0.0594 e. The maximum absolute atomic E-state index is 5.37. The van der Waals surface area contributed by atoms with Gasteiger partial charge in [-0.05, 0) is 32.2 Å². The predicted octanol–water partition coefficient (Wildman–Crippen LogP) is 1.24. The Balaban J connectivity index is 1.75. The summed E-state index contributed by atoms with van der Waals surface area (Å²) < 4.78 is 5.37. The summed E-state index contributed by atoms with van der Waals surface area (Å²) in [5.41, 5.74) is 0.457. The van der Waals surface area contributed by atoms with Crippen LogP contribution < -0.4 is 5.32 Å². The van der Waals surface area contributed by atoms with Gasteiger partial charge in [-0.25, -0.2) is 0 Å². The fraction of sp³-hybridized carbons (Fsp3) is 1.00. The molecule has 1 atom stereocenters. The first-order valence-corrected chi connectivity index (χ1v) is 6.40. The van der Waals surface area contributed by atoms with Crippen molar-refractivity contribution in [2.45, 2.75) is 38.1 Å². The average molecular weight is 212 g/mol. The molecule has 3 nitrogen and oxygen atoms in total. The number of hydrogen-bond acceptors (Lipinski definition) is 3. The smallest absolute Gasteiger partial charge is 0.0594 e. The molecule has 2 fully saturated rings. The Morgan fingerprint density at radius 1 is 1.33 bits per heavy atom. The number of nitrogens with one attached hydrogen (secondary N) is 1. The van der Waals surface area contributed by atoms with Crippen LogP contribution in [0.1, 0.15) is 32.6 Å². The Morgan fingerprint density at radius 3 is 2.73 bits per heavy atom. The van der Waals surface area contributed by atoms with E-state index < -0.39 is 0 Å². The van der Waals surface area contributed by atoms with Crippen molar-refractivity contribution < 1.29 is 4.74 Å². The lowest BCUT2D eigenvalue weighted by molar-refractivity contribution is 0.0337. The highest BCUT2D eigenvalue weighted by Gasteiger charge is 2.31. The molecule has 0 aromatic rings. The van der Waals surface area contributed by atoms with E-state index in [0.29, 0.717) is 5.54 Å². The van der Waals surface area contributed by atoms with Gasteiger partial charge in [-0.2, -0.15) is 0 Å². The van der Waals surface area contributed by atoms with Crippen LogP contribution in [0, 0.1) is 0 Å². The van der Waals surface area contributed by atoms with Gasteiger partial charge >= 0.3 is 0 Å². The molecule has 88 valence electrons. The van der Waals surface area contributed by atoms with E-state index in [2.05, 4.69) is 17.1 Å². The first kappa shape index (κ1) is 11.4. The van der Waals surface area contributed by atoms with Gasteiger partial charge in [0.2, 0.25) is 0 Å². The van der Waals surface area contributed by atoms with Crippen molar-refractivity contribution in [3.8, 4) is 0 Å². The summed E-state index contributed by atoms with van der Waals surface area (Å²) in [4.78, 5) is 2.54. The highest BCUT2D eigenvalue weighted by Crippen LogP contribution is 2.26. The molecule has 15 heavy (non-hydrogen) atoms. The first-order chi connectivity index (χ1) is 7.35. The van der Waals surface area contributed by atoms with Gasteiger partial charge in [0.1, 0.15) is 0 Å². The van der Waals surface area contributed by atoms with Crippen molar-refractivity contribution in [2.75, 3.05) is 39.4 Å². The molecular weight excluding hydrogens is 188 g/mol. The maximum atomic E-state index is 5.37. The van der Waals surface area contributed by atoms with Crippen LogP contribution >= 0.6 is 0 Å². The molecule has 1 unspecified atom stereocenters. The quantitative estimate of drug-likeness (QED) is 0.759. The predicted molar refractivity (Wildman–Crippen MR) is 62.1 cm³/mol. The van der Waals surface area contributed by atoms with Crippen LogP contribution in [0.5, 0.6) is 0 Å². The monoisotopic (exact) mass is 212 g/mol. The standard InChI is InChI=1S/C12H24N2O/c1-2-12(4-3-6-13-12)5-7-14-8-10-15-11-9-14/h13H,2-11H2,1H3. The van der Waals surface area contributed by atoms with E-state index >= 15 is 0 Å². The third-order valence-corrected chi connectivity index (χ3v) is 4.02. The van der Waals surface area contributed by atoms with E-state index in [4.69, 9.17) is 4.74 Å². The first-order valence-electron chi connectivity index (χ1n) is 6.40. The normalized spacial score (nSPS) is 33.4. The third kappa shape index (κ3) is 2.92. The van der Waals surface area contributed by atoms with Gasteiger partial charge in [-0.3, -0.25) is 4.90 Å². The third-order valence-electron chi connectivity index (χ3n) is 4.02. The molecule has 0 saturated carbocycles. The molecule has 0 spiro atoms. The van der Waals surface area contributed by atoms with Crippen molar-refractivity contribution in [2.24, 2.45) is 0 Å². The minimum Gasteiger partial charge on any atom is -0.379 e. The Bertz CT molecular complexity index is 184. The van der Waals surface area contributed by atoms with Crippen LogP contribution in [0.4, 0.5) is 0 Å². The van der Waals surface area contributed by atoms with Gasteiger partial charge in [0.05, 0.1) is 13.2 Å². The Labute approximate surface area is 93.2 Å². The lowest BCUT2D eigenvalue weighted by atomic mass is 9.90. The summed E-state index contributed by atoms with van der Waals surface area (Å²) in [5.74, 6) is 0. The summed E-state index contributed by atoms with van der Waals surface area (Å²) in [6.45, 7) is 8.87. The zero-order chi connectivity index (χ0) is 10.6. The summed E-state index contributed by atoms with van der Waals surface area (Å²) in [6, 6.07) is 0. The fourth-order valence-electron chi connectivity index (χ4n) is 2.76. The molecule has 3 heteroatoms. The number of nitrogens with zero attached hydrogens (tertiary/aromatic N) is 1. The van der Waals surface area contributed by atoms with Crippen molar-refractivity contribution in [1.29, 1.82) is 0 Å². The van der Waals surface area contributed by atoms with Gasteiger partial charge in [0.15, 0.2) is 0 Å². The lowest BCUT2D eigenvalue weighted by Gasteiger charge is -2.33. The highest BCUT2D eigenvalue weighted by atomic mass is 16.5. The largest absolute Gasteiger partial charge is 0.379 e. The van der Waals surface area contributed by atoms with Crippen LogP contribution in [0.25, 0.3) is 0 Å². The topological polar surface area (TPSA) is 24.5 Å². The molecule has 0 aliphatic carbocycles. The van der Waals surface area contributed by atoms with Crippen LogP contribution in [0.2, 0.25) is 0 Å². The summed E-state index contributed by atoms with van der Waals surface area (Å²) in [7, 11) is 0. The van der Waals surface area contributed by atoms with E-state index in [1.807, 2.05) is 0 Å². The van der Waals surface area contributed by atoms with Gasteiger partial charge in [-0.15, -0.1) is 0 Å².